The molecule has 0 saturated heterocycles. The largest absolute Gasteiger partial charge is 0.346 e. The Morgan fingerprint density at radius 1 is 1.30 bits per heavy atom. The maximum absolute atomic E-state index is 11.9. The van der Waals surface area contributed by atoms with Gasteiger partial charge in [-0.05, 0) is 24.6 Å². The number of rotatable bonds is 6. The van der Waals surface area contributed by atoms with E-state index in [-0.39, 0.29) is 24.9 Å². The minimum atomic E-state index is -0.386. The number of benzene rings is 1. The number of aryl methyl sites for hydroxylation is 2. The predicted molar refractivity (Wildman–Crippen MR) is 84.5 cm³/mol. The van der Waals surface area contributed by atoms with Crippen molar-refractivity contribution in [3.63, 3.8) is 0 Å². The number of aromatic nitrogens is 2. The molecule has 2 amide bonds. The molecular formula is C15H19N5O3. The molecule has 1 aromatic heterocycles. The van der Waals surface area contributed by atoms with Gasteiger partial charge in [0.25, 0.3) is 5.89 Å². The van der Waals surface area contributed by atoms with Gasteiger partial charge in [0.15, 0.2) is 5.82 Å². The summed E-state index contributed by atoms with van der Waals surface area (Å²) in [4.78, 5) is 27.2. The molecule has 0 fully saturated rings. The first-order valence-electron chi connectivity index (χ1n) is 7.23. The molecule has 0 saturated carbocycles. The zero-order valence-electron chi connectivity index (χ0n) is 13.0. The van der Waals surface area contributed by atoms with Gasteiger partial charge >= 0.3 is 0 Å². The lowest BCUT2D eigenvalue weighted by Crippen LogP contribution is -2.36. The number of carbonyl (C=O) groups excluding carboxylic acids is 2. The van der Waals surface area contributed by atoms with Crippen LogP contribution in [0.15, 0.2) is 22.7 Å². The summed E-state index contributed by atoms with van der Waals surface area (Å²) in [5.74, 6) is 0.292. The third-order valence-electron chi connectivity index (χ3n) is 3.17. The normalized spacial score (nSPS) is 10.4. The number of amides is 2. The molecular weight excluding hydrogens is 298 g/mol. The first kappa shape index (κ1) is 16.6. The van der Waals surface area contributed by atoms with Crippen molar-refractivity contribution in [3.8, 4) is 11.5 Å². The van der Waals surface area contributed by atoms with Crippen molar-refractivity contribution in [3.05, 3.63) is 29.6 Å². The van der Waals surface area contributed by atoms with E-state index in [1.807, 2.05) is 26.0 Å². The average Bonchev–Trinajstić information content (AvgIpc) is 3.03. The van der Waals surface area contributed by atoms with Crippen molar-refractivity contribution in [1.29, 1.82) is 0 Å². The van der Waals surface area contributed by atoms with Crippen LogP contribution in [0.4, 0.5) is 5.69 Å². The Kier molecular flexibility index (Phi) is 5.42. The van der Waals surface area contributed by atoms with Gasteiger partial charge in [-0.25, -0.2) is 0 Å². The van der Waals surface area contributed by atoms with Gasteiger partial charge in [-0.2, -0.15) is 4.98 Å². The number of nitrogens with one attached hydrogen (secondary N) is 2. The lowest BCUT2D eigenvalue weighted by Gasteiger charge is -2.10. The highest BCUT2D eigenvalue weighted by Crippen LogP contribution is 2.24. The third-order valence-corrected chi connectivity index (χ3v) is 3.17. The zero-order valence-corrected chi connectivity index (χ0v) is 13.0. The molecule has 0 aliphatic rings. The monoisotopic (exact) mass is 317 g/mol. The number of anilines is 1. The summed E-state index contributed by atoms with van der Waals surface area (Å²) in [6, 6.07) is 5.44. The van der Waals surface area contributed by atoms with E-state index in [4.69, 9.17) is 10.3 Å². The van der Waals surface area contributed by atoms with E-state index in [1.54, 1.807) is 6.07 Å². The van der Waals surface area contributed by atoms with E-state index in [1.165, 1.54) is 0 Å². The van der Waals surface area contributed by atoms with E-state index >= 15 is 0 Å². The van der Waals surface area contributed by atoms with Gasteiger partial charge in [-0.3, -0.25) is 9.59 Å². The van der Waals surface area contributed by atoms with Crippen LogP contribution >= 0.6 is 0 Å². The van der Waals surface area contributed by atoms with Crippen LogP contribution in [0.3, 0.4) is 0 Å². The topological polar surface area (TPSA) is 123 Å². The van der Waals surface area contributed by atoms with Gasteiger partial charge in [0.1, 0.15) is 0 Å². The fourth-order valence-electron chi connectivity index (χ4n) is 1.85. The molecule has 0 radical (unpaired) electrons. The minimum Gasteiger partial charge on any atom is -0.346 e. The van der Waals surface area contributed by atoms with Crippen molar-refractivity contribution in [2.75, 3.05) is 18.4 Å². The fraction of sp³-hybridized carbons (Fsp3) is 0.333. The van der Waals surface area contributed by atoms with Gasteiger partial charge in [-0.15, -0.1) is 0 Å². The molecule has 2 rings (SSSR count). The molecule has 8 nitrogen and oxygen atoms in total. The number of nitrogens with zero attached hydrogens (tertiary/aromatic N) is 2. The van der Waals surface area contributed by atoms with Crippen molar-refractivity contribution < 1.29 is 14.1 Å². The Bertz CT molecular complexity index is 711. The number of carbonyl (C=O) groups is 2. The van der Waals surface area contributed by atoms with E-state index in [0.29, 0.717) is 29.4 Å². The second-order valence-corrected chi connectivity index (χ2v) is 4.93. The molecule has 8 heteroatoms. The van der Waals surface area contributed by atoms with Gasteiger partial charge in [0, 0.05) is 17.7 Å². The molecule has 0 aliphatic heterocycles. The Labute approximate surface area is 133 Å². The van der Waals surface area contributed by atoms with E-state index in [2.05, 4.69) is 20.8 Å². The molecule has 1 heterocycles. The quantitative estimate of drug-likeness (QED) is 0.717. The second kappa shape index (κ2) is 7.50. The standard InChI is InChI=1S/C15H19N5O3/c1-3-12-19-15(23-20-12)10-5-4-9(2)11(6-10)18-14(22)8-17-13(21)7-16/h4-6H,3,7-8,16H2,1-2H3,(H,17,21)(H,18,22). The van der Waals surface area contributed by atoms with Crippen LogP contribution in [0.5, 0.6) is 0 Å². The fourth-order valence-corrected chi connectivity index (χ4v) is 1.85. The summed E-state index contributed by atoms with van der Waals surface area (Å²) < 4.78 is 5.19. The van der Waals surface area contributed by atoms with Gasteiger partial charge in [-0.1, -0.05) is 18.1 Å². The molecule has 0 bridgehead atoms. The molecule has 2 aromatic rings. The third kappa shape index (κ3) is 4.36. The van der Waals surface area contributed by atoms with Crippen molar-refractivity contribution in [2.45, 2.75) is 20.3 Å². The second-order valence-electron chi connectivity index (χ2n) is 4.93. The number of hydrogen-bond acceptors (Lipinski definition) is 6. The summed E-state index contributed by atoms with van der Waals surface area (Å²) in [7, 11) is 0. The van der Waals surface area contributed by atoms with E-state index < -0.39 is 0 Å². The summed E-state index contributed by atoms with van der Waals surface area (Å²) in [5, 5.41) is 9.00. The average molecular weight is 317 g/mol. The Hall–Kier alpha value is -2.74. The van der Waals surface area contributed by atoms with Crippen LogP contribution in [0, 0.1) is 6.92 Å². The first-order chi connectivity index (χ1) is 11.0. The molecule has 4 N–H and O–H groups in total. The molecule has 0 spiro atoms. The smallest absolute Gasteiger partial charge is 0.257 e. The predicted octanol–water partition coefficient (Wildman–Crippen LogP) is 0.621. The Balaban J connectivity index is 2.11. The summed E-state index contributed by atoms with van der Waals surface area (Å²) in [6.07, 6.45) is 0.680. The molecule has 0 aliphatic carbocycles. The highest BCUT2D eigenvalue weighted by atomic mass is 16.5. The van der Waals surface area contributed by atoms with Crippen LogP contribution < -0.4 is 16.4 Å². The lowest BCUT2D eigenvalue weighted by molar-refractivity contribution is -0.123. The van der Waals surface area contributed by atoms with Crippen LogP contribution in [-0.4, -0.2) is 35.0 Å². The molecule has 23 heavy (non-hydrogen) atoms. The lowest BCUT2D eigenvalue weighted by atomic mass is 10.1. The van der Waals surface area contributed by atoms with Crippen LogP contribution in [0.2, 0.25) is 0 Å². The van der Waals surface area contributed by atoms with Crippen LogP contribution in [-0.2, 0) is 16.0 Å². The number of hydrogen-bond donors (Lipinski definition) is 3. The highest BCUT2D eigenvalue weighted by Gasteiger charge is 2.11. The summed E-state index contributed by atoms with van der Waals surface area (Å²) in [6.45, 7) is 3.51. The highest BCUT2D eigenvalue weighted by molar-refractivity contribution is 5.95. The Morgan fingerprint density at radius 2 is 2.09 bits per heavy atom. The van der Waals surface area contributed by atoms with Crippen molar-refractivity contribution >= 4 is 17.5 Å². The van der Waals surface area contributed by atoms with Crippen molar-refractivity contribution in [2.24, 2.45) is 5.73 Å². The maximum atomic E-state index is 11.9. The van der Waals surface area contributed by atoms with Crippen LogP contribution in [0.25, 0.3) is 11.5 Å². The molecule has 0 atom stereocenters. The molecule has 122 valence electrons. The van der Waals surface area contributed by atoms with Crippen molar-refractivity contribution in [1.82, 2.24) is 15.5 Å². The SMILES string of the molecule is CCc1noc(-c2ccc(C)c(NC(=O)CNC(=O)CN)c2)n1. The first-order valence-corrected chi connectivity index (χ1v) is 7.23. The summed E-state index contributed by atoms with van der Waals surface area (Å²) in [5.41, 5.74) is 7.37. The Morgan fingerprint density at radius 3 is 2.74 bits per heavy atom. The minimum absolute atomic E-state index is 0.139. The van der Waals surface area contributed by atoms with E-state index in [0.717, 1.165) is 5.56 Å². The van der Waals surface area contributed by atoms with Gasteiger partial charge in [0.2, 0.25) is 11.8 Å². The van der Waals surface area contributed by atoms with Crippen LogP contribution in [0.1, 0.15) is 18.3 Å². The summed E-state index contributed by atoms with van der Waals surface area (Å²) >= 11 is 0. The molecule has 1 aromatic carbocycles. The van der Waals surface area contributed by atoms with Gasteiger partial charge in [0.05, 0.1) is 13.1 Å². The maximum Gasteiger partial charge on any atom is 0.257 e. The number of nitrogens with two attached hydrogens (primary N) is 1. The molecule has 0 unspecified atom stereocenters. The van der Waals surface area contributed by atoms with Gasteiger partial charge < -0.3 is 20.9 Å². The zero-order chi connectivity index (χ0) is 16.8. The van der Waals surface area contributed by atoms with E-state index in [9.17, 15) is 9.59 Å².